The highest BCUT2D eigenvalue weighted by atomic mass is 16.5. The third-order valence-electron chi connectivity index (χ3n) is 5.82. The van der Waals surface area contributed by atoms with Crippen LogP contribution in [0.2, 0.25) is 0 Å². The molecule has 198 valence electrons. The molecule has 0 spiro atoms. The van der Waals surface area contributed by atoms with Crippen LogP contribution in [0.4, 0.5) is 0 Å². The Kier molecular flexibility index (Phi) is 7.17. The number of methoxy groups -OCH3 is 2. The van der Waals surface area contributed by atoms with Gasteiger partial charge >= 0.3 is 0 Å². The quantitative estimate of drug-likeness (QED) is 0.264. The lowest BCUT2D eigenvalue weighted by Crippen LogP contribution is -2.26. The molecule has 0 aliphatic heterocycles. The molecule has 0 amide bonds. The first-order chi connectivity index (χ1) is 19.0. The van der Waals surface area contributed by atoms with Crippen LogP contribution in [-0.4, -0.2) is 49.2 Å². The average molecular weight is 529 g/mol. The Labute approximate surface area is 222 Å². The van der Waals surface area contributed by atoms with E-state index >= 15 is 0 Å². The molecule has 0 aliphatic carbocycles. The van der Waals surface area contributed by atoms with Crippen molar-refractivity contribution in [2.45, 2.75) is 19.3 Å². The number of benzene rings is 1. The minimum absolute atomic E-state index is 0.104. The molecule has 1 N–H and O–H groups in total. The van der Waals surface area contributed by atoms with Crippen molar-refractivity contribution in [3.8, 4) is 45.9 Å². The first-order valence-corrected chi connectivity index (χ1v) is 11.9. The molecule has 0 fully saturated rings. The molecule has 12 heteroatoms. The smallest absolute Gasteiger partial charge is 0.275 e. The predicted molar refractivity (Wildman–Crippen MR) is 139 cm³/mol. The van der Waals surface area contributed by atoms with Crippen LogP contribution in [0.25, 0.3) is 28.5 Å². The molecule has 4 heterocycles. The number of ether oxygens (including phenoxy) is 2. The summed E-state index contributed by atoms with van der Waals surface area (Å²) in [5, 5.41) is 22.9. The van der Waals surface area contributed by atoms with Crippen LogP contribution in [0.3, 0.4) is 0 Å². The predicted octanol–water partition coefficient (Wildman–Crippen LogP) is 3.76. The number of aromatic nitrogens is 6. The fourth-order valence-electron chi connectivity index (χ4n) is 4.03. The van der Waals surface area contributed by atoms with Crippen molar-refractivity contribution in [3.63, 3.8) is 0 Å². The van der Waals surface area contributed by atoms with E-state index in [2.05, 4.69) is 31.9 Å². The van der Waals surface area contributed by atoms with Crippen LogP contribution in [0.1, 0.15) is 23.9 Å². The first-order valence-electron chi connectivity index (χ1n) is 11.9. The highest BCUT2D eigenvalue weighted by Crippen LogP contribution is 2.34. The van der Waals surface area contributed by atoms with E-state index in [-0.39, 0.29) is 29.6 Å². The number of aryl methyl sites for hydroxylation is 1. The number of rotatable bonds is 10. The lowest BCUT2D eigenvalue weighted by Gasteiger charge is -2.18. The summed E-state index contributed by atoms with van der Waals surface area (Å²) in [6.07, 6.45) is 4.27. The minimum atomic E-state index is -0.642. The van der Waals surface area contributed by atoms with Crippen molar-refractivity contribution in [2.24, 2.45) is 0 Å². The van der Waals surface area contributed by atoms with Gasteiger partial charge in [-0.1, -0.05) is 23.4 Å². The molecular formula is C27H24N6O6. The van der Waals surface area contributed by atoms with Crippen molar-refractivity contribution in [1.82, 2.24) is 29.9 Å². The van der Waals surface area contributed by atoms with Gasteiger partial charge in [0.05, 0.1) is 26.3 Å². The third-order valence-corrected chi connectivity index (χ3v) is 5.82. The van der Waals surface area contributed by atoms with E-state index in [9.17, 15) is 9.90 Å². The van der Waals surface area contributed by atoms with Crippen LogP contribution in [0, 0.1) is 0 Å². The van der Waals surface area contributed by atoms with Crippen LogP contribution in [-0.2, 0) is 12.8 Å². The number of aromatic hydroxyl groups is 1. The molecule has 0 atom stereocenters. The van der Waals surface area contributed by atoms with Gasteiger partial charge in [-0.15, -0.1) is 16.8 Å². The van der Waals surface area contributed by atoms with Gasteiger partial charge in [0.1, 0.15) is 34.5 Å². The number of hydrogen-bond acceptors (Lipinski definition) is 11. The van der Waals surface area contributed by atoms with Crippen molar-refractivity contribution in [2.75, 3.05) is 14.2 Å². The molecule has 0 saturated carbocycles. The number of pyridine rings is 1. The van der Waals surface area contributed by atoms with Gasteiger partial charge in [-0.05, 0) is 30.7 Å². The monoisotopic (exact) mass is 528 g/mol. The molecule has 5 rings (SSSR count). The van der Waals surface area contributed by atoms with Crippen LogP contribution in [0.5, 0.6) is 17.4 Å². The van der Waals surface area contributed by atoms with E-state index in [1.54, 1.807) is 42.6 Å². The van der Waals surface area contributed by atoms with Gasteiger partial charge in [0.25, 0.3) is 11.4 Å². The van der Waals surface area contributed by atoms with E-state index in [1.165, 1.54) is 18.8 Å². The van der Waals surface area contributed by atoms with Gasteiger partial charge in [-0.25, -0.2) is 0 Å². The fourth-order valence-corrected chi connectivity index (χ4v) is 4.03. The molecule has 39 heavy (non-hydrogen) atoms. The first kappa shape index (κ1) is 25.4. The number of para-hydroxylation sites is 1. The Morgan fingerprint density at radius 2 is 1.87 bits per heavy atom. The van der Waals surface area contributed by atoms with Gasteiger partial charge < -0.3 is 23.5 Å². The van der Waals surface area contributed by atoms with Crippen molar-refractivity contribution in [1.29, 1.82) is 0 Å². The Bertz CT molecular complexity index is 1650. The summed E-state index contributed by atoms with van der Waals surface area (Å²) >= 11 is 0. The zero-order valence-corrected chi connectivity index (χ0v) is 21.2. The van der Waals surface area contributed by atoms with Gasteiger partial charge in [0, 0.05) is 18.7 Å². The maximum Gasteiger partial charge on any atom is 0.275 e. The Morgan fingerprint density at radius 1 is 1.08 bits per heavy atom. The SMILES string of the molecule is C=CCCc1nc(O)c(-c2nnc(Cc3cc(-c4ccccn4)no3)o2)c(=O)n1-c1c(OC)cccc1OC. The summed E-state index contributed by atoms with van der Waals surface area (Å²) in [6.45, 7) is 3.74. The zero-order chi connectivity index (χ0) is 27.4. The maximum atomic E-state index is 13.9. The van der Waals surface area contributed by atoms with E-state index in [0.717, 1.165) is 0 Å². The number of nitrogens with zero attached hydrogens (tertiary/aromatic N) is 6. The van der Waals surface area contributed by atoms with Gasteiger partial charge in [-0.3, -0.25) is 14.3 Å². The molecule has 0 unspecified atom stereocenters. The van der Waals surface area contributed by atoms with Crippen LogP contribution >= 0.6 is 0 Å². The summed E-state index contributed by atoms with van der Waals surface area (Å²) < 4.78 is 23.5. The summed E-state index contributed by atoms with van der Waals surface area (Å²) in [5.41, 5.74) is 0.616. The molecular weight excluding hydrogens is 504 g/mol. The fraction of sp³-hybridized carbons (Fsp3) is 0.185. The summed E-state index contributed by atoms with van der Waals surface area (Å²) in [6, 6.07) is 12.3. The standard InChI is InChI=1S/C27H24N6O6/c1-4-5-12-21-29-25(34)23(27(35)33(21)24-19(36-2)10-8-11-20(24)37-3)26-31-30-22(38-26)15-16-14-18(32-39-16)17-9-6-7-13-28-17/h4,6-11,13-14,34H,1,5,12,15H2,2-3H3. The van der Waals surface area contributed by atoms with Gasteiger partial charge in [-0.2, -0.15) is 4.98 Å². The van der Waals surface area contributed by atoms with Crippen LogP contribution < -0.4 is 15.0 Å². The maximum absolute atomic E-state index is 13.9. The second-order valence-corrected chi connectivity index (χ2v) is 8.28. The van der Waals surface area contributed by atoms with Crippen molar-refractivity contribution >= 4 is 0 Å². The summed E-state index contributed by atoms with van der Waals surface area (Å²) in [5.74, 6) is 0.852. The zero-order valence-electron chi connectivity index (χ0n) is 21.2. The van der Waals surface area contributed by atoms with Gasteiger partial charge in [0.2, 0.25) is 11.8 Å². The van der Waals surface area contributed by atoms with Crippen molar-refractivity contribution < 1.29 is 23.5 Å². The highest BCUT2D eigenvalue weighted by molar-refractivity contribution is 5.63. The summed E-state index contributed by atoms with van der Waals surface area (Å²) in [4.78, 5) is 22.5. The highest BCUT2D eigenvalue weighted by Gasteiger charge is 2.26. The molecule has 4 aromatic heterocycles. The second kappa shape index (κ2) is 11.0. The Balaban J connectivity index is 1.56. The Hall–Kier alpha value is -5.26. The molecule has 1 aromatic carbocycles. The number of hydrogen-bond donors (Lipinski definition) is 1. The largest absolute Gasteiger partial charge is 0.494 e. The summed E-state index contributed by atoms with van der Waals surface area (Å²) in [7, 11) is 2.96. The molecule has 0 saturated heterocycles. The third kappa shape index (κ3) is 4.99. The lowest BCUT2D eigenvalue weighted by molar-refractivity contribution is 0.379. The molecule has 12 nitrogen and oxygen atoms in total. The minimum Gasteiger partial charge on any atom is -0.494 e. The molecule has 5 aromatic rings. The van der Waals surface area contributed by atoms with Crippen molar-refractivity contribution in [3.05, 3.63) is 89.1 Å². The van der Waals surface area contributed by atoms with Gasteiger partial charge in [0.15, 0.2) is 5.56 Å². The number of allylic oxidation sites excluding steroid dienone is 1. The normalized spacial score (nSPS) is 10.9. The average Bonchev–Trinajstić information content (AvgIpc) is 3.62. The van der Waals surface area contributed by atoms with E-state index in [4.69, 9.17) is 18.4 Å². The molecule has 0 aliphatic rings. The topological polar surface area (TPSA) is 151 Å². The van der Waals surface area contributed by atoms with E-state index in [1.807, 2.05) is 12.1 Å². The second-order valence-electron chi connectivity index (χ2n) is 8.28. The van der Waals surface area contributed by atoms with E-state index < -0.39 is 11.4 Å². The molecule has 0 bridgehead atoms. The lowest BCUT2D eigenvalue weighted by atomic mass is 10.2. The molecule has 0 radical (unpaired) electrons. The van der Waals surface area contributed by atoms with E-state index in [0.29, 0.717) is 47.2 Å². The Morgan fingerprint density at radius 3 is 2.56 bits per heavy atom. The van der Waals surface area contributed by atoms with Crippen LogP contribution in [0.15, 0.2) is 75.1 Å².